The number of carbonyl (C=O) groups is 2. The van der Waals surface area contributed by atoms with Crippen LogP contribution < -0.4 is 9.47 Å². The summed E-state index contributed by atoms with van der Waals surface area (Å²) in [5, 5.41) is 0. The second-order valence-electron chi connectivity index (χ2n) is 10.3. The molecule has 0 N–H and O–H groups in total. The van der Waals surface area contributed by atoms with Crippen molar-refractivity contribution in [3.63, 3.8) is 0 Å². The summed E-state index contributed by atoms with van der Waals surface area (Å²) < 4.78 is 11.3. The molecular weight excluding hydrogens is 478 g/mol. The highest BCUT2D eigenvalue weighted by atomic mass is 16.5. The third-order valence-corrected chi connectivity index (χ3v) is 8.29. The zero-order chi connectivity index (χ0) is 27.4. The molecule has 38 heavy (non-hydrogen) atoms. The van der Waals surface area contributed by atoms with Crippen LogP contribution in [0.25, 0.3) is 0 Å². The van der Waals surface area contributed by atoms with Gasteiger partial charge in [-0.3, -0.25) is 9.69 Å². The van der Waals surface area contributed by atoms with E-state index in [1.807, 2.05) is 58.9 Å². The number of piperidine rings is 1. The van der Waals surface area contributed by atoms with Crippen LogP contribution in [0.3, 0.4) is 0 Å². The van der Waals surface area contributed by atoms with Crippen molar-refractivity contribution in [1.29, 1.82) is 0 Å². The Labute approximate surface area is 227 Å². The number of urea groups is 1. The Morgan fingerprint density at radius 2 is 1.84 bits per heavy atom. The van der Waals surface area contributed by atoms with E-state index in [1.165, 1.54) is 0 Å². The number of hydrogen-bond acceptors (Lipinski definition) is 4. The van der Waals surface area contributed by atoms with Crippen molar-refractivity contribution in [2.45, 2.75) is 65.5 Å². The first-order chi connectivity index (χ1) is 18.4. The standard InChI is InChI=1S/C29H37N3O4.C2H6/c1-5-32-28(34)31-19-22-17-23(35-3)18-25(36-4)24(22)15-20(2)16-26(31)29(32)11-13-30(14-12-29)27(33)21-9-7-6-8-10-21;1-2/h6-9,16-18,20-21H,5,10-15,19H2,1-4H3;1-2H3/b26-16-;/t20-,21?;/m1./s1. The van der Waals surface area contributed by atoms with E-state index in [4.69, 9.17) is 9.47 Å². The molecule has 2 fully saturated rings. The maximum absolute atomic E-state index is 13.8. The van der Waals surface area contributed by atoms with Crippen molar-refractivity contribution in [1.82, 2.24) is 14.7 Å². The first-order valence-corrected chi connectivity index (χ1v) is 14.1. The molecule has 7 nitrogen and oxygen atoms in total. The monoisotopic (exact) mass is 521 g/mol. The number of carbonyl (C=O) groups excluding carboxylic acids is 2. The van der Waals surface area contributed by atoms with Crippen LogP contribution in [-0.4, -0.2) is 66.0 Å². The lowest BCUT2D eigenvalue weighted by Crippen LogP contribution is -2.55. The van der Waals surface area contributed by atoms with Gasteiger partial charge in [0.25, 0.3) is 0 Å². The number of hydrogen-bond donors (Lipinski definition) is 0. The molecule has 2 saturated heterocycles. The average Bonchev–Trinajstić information content (AvgIpc) is 3.15. The number of fused-ring (bicyclic) bond motifs is 3. The summed E-state index contributed by atoms with van der Waals surface area (Å²) in [7, 11) is 3.34. The largest absolute Gasteiger partial charge is 0.497 e. The van der Waals surface area contributed by atoms with Crippen LogP contribution in [-0.2, 0) is 17.8 Å². The number of ether oxygens (including phenoxy) is 2. The lowest BCUT2D eigenvalue weighted by molar-refractivity contribution is -0.136. The third kappa shape index (κ3) is 4.83. The fourth-order valence-corrected chi connectivity index (χ4v) is 6.45. The molecule has 206 valence electrons. The van der Waals surface area contributed by atoms with Crippen LogP contribution in [0.15, 0.2) is 48.2 Å². The Morgan fingerprint density at radius 3 is 2.45 bits per heavy atom. The molecule has 0 saturated carbocycles. The van der Waals surface area contributed by atoms with Gasteiger partial charge in [-0.25, -0.2) is 4.79 Å². The number of rotatable bonds is 4. The summed E-state index contributed by atoms with van der Waals surface area (Å²) in [5.74, 6) is 1.89. The summed E-state index contributed by atoms with van der Waals surface area (Å²) >= 11 is 0. The normalized spacial score (nSPS) is 24.9. The Kier molecular flexibility index (Phi) is 8.54. The van der Waals surface area contributed by atoms with Crippen LogP contribution in [0.4, 0.5) is 4.79 Å². The van der Waals surface area contributed by atoms with Crippen LogP contribution >= 0.6 is 0 Å². The molecule has 1 aliphatic carbocycles. The van der Waals surface area contributed by atoms with E-state index in [2.05, 4.69) is 26.0 Å². The summed E-state index contributed by atoms with van der Waals surface area (Å²) in [6, 6.07) is 4.01. The minimum atomic E-state index is -0.375. The highest BCUT2D eigenvalue weighted by Gasteiger charge is 2.55. The van der Waals surface area contributed by atoms with E-state index in [0.29, 0.717) is 26.2 Å². The molecule has 1 unspecified atom stereocenters. The number of allylic oxidation sites excluding steroid dienone is 4. The van der Waals surface area contributed by atoms with Gasteiger partial charge in [0, 0.05) is 31.4 Å². The number of likely N-dealkylation sites (tertiary alicyclic amines) is 1. The maximum atomic E-state index is 13.8. The van der Waals surface area contributed by atoms with Crippen LogP contribution in [0.1, 0.15) is 58.1 Å². The summed E-state index contributed by atoms with van der Waals surface area (Å²) in [5.41, 5.74) is 2.92. The van der Waals surface area contributed by atoms with Crippen molar-refractivity contribution in [3.8, 4) is 11.5 Å². The van der Waals surface area contributed by atoms with Gasteiger partial charge in [-0.1, -0.05) is 51.2 Å². The van der Waals surface area contributed by atoms with Gasteiger partial charge in [-0.15, -0.1) is 0 Å². The Hall–Kier alpha value is -3.22. The highest BCUT2D eigenvalue weighted by Crippen LogP contribution is 2.47. The van der Waals surface area contributed by atoms with Gasteiger partial charge < -0.3 is 19.3 Å². The second-order valence-corrected chi connectivity index (χ2v) is 10.3. The van der Waals surface area contributed by atoms with Crippen LogP contribution in [0.5, 0.6) is 11.5 Å². The van der Waals surface area contributed by atoms with Crippen molar-refractivity contribution in [2.24, 2.45) is 11.8 Å². The lowest BCUT2D eigenvalue weighted by Gasteiger charge is -2.45. The molecule has 1 aromatic carbocycles. The quantitative estimate of drug-likeness (QED) is 0.521. The van der Waals surface area contributed by atoms with Gasteiger partial charge >= 0.3 is 6.03 Å². The van der Waals surface area contributed by atoms with Gasteiger partial charge in [-0.05, 0) is 55.7 Å². The van der Waals surface area contributed by atoms with Crippen molar-refractivity contribution in [3.05, 3.63) is 59.3 Å². The van der Waals surface area contributed by atoms with Gasteiger partial charge in [0.05, 0.1) is 32.2 Å². The molecule has 0 aromatic heterocycles. The zero-order valence-corrected chi connectivity index (χ0v) is 23.8. The molecule has 0 bridgehead atoms. The van der Waals surface area contributed by atoms with E-state index in [9.17, 15) is 9.59 Å². The smallest absolute Gasteiger partial charge is 0.325 e. The summed E-state index contributed by atoms with van der Waals surface area (Å²) in [6.45, 7) is 10.7. The molecule has 0 radical (unpaired) electrons. The molecule has 1 spiro atoms. The molecule has 3 heterocycles. The number of benzene rings is 1. The molecule has 3 aliphatic heterocycles. The van der Waals surface area contributed by atoms with Gasteiger partial charge in [-0.2, -0.15) is 0 Å². The van der Waals surface area contributed by atoms with E-state index in [0.717, 1.165) is 54.0 Å². The number of nitrogens with zero attached hydrogens (tertiary/aromatic N) is 3. The SMILES string of the molecule is CC.CCN1C(=O)N2Cc3cc(OC)cc(OC)c3C[C@@H](C)/C=C\2C12CCN(C(=O)C1C=CC=CC1)CC2. The first-order valence-electron chi connectivity index (χ1n) is 14.1. The van der Waals surface area contributed by atoms with Crippen LogP contribution in [0.2, 0.25) is 0 Å². The number of amides is 3. The second kappa shape index (κ2) is 11.7. The summed E-state index contributed by atoms with van der Waals surface area (Å²) in [6.07, 6.45) is 13.4. The van der Waals surface area contributed by atoms with Gasteiger partial charge in [0.15, 0.2) is 0 Å². The fraction of sp³-hybridized carbons (Fsp3) is 0.548. The number of likely N-dealkylation sites (N-methyl/N-ethyl adjacent to an activating group) is 1. The van der Waals surface area contributed by atoms with E-state index >= 15 is 0 Å². The van der Waals surface area contributed by atoms with E-state index < -0.39 is 0 Å². The molecular formula is C31H43N3O4. The number of methoxy groups -OCH3 is 2. The molecule has 3 amide bonds. The minimum absolute atomic E-state index is 0.0470. The lowest BCUT2D eigenvalue weighted by atomic mass is 9.80. The average molecular weight is 522 g/mol. The Balaban J connectivity index is 0.00000164. The molecule has 7 heteroatoms. The third-order valence-electron chi connectivity index (χ3n) is 8.29. The molecule has 4 aliphatic rings. The first kappa shape index (κ1) is 27.8. The Morgan fingerprint density at radius 1 is 1.11 bits per heavy atom. The van der Waals surface area contributed by atoms with Crippen molar-refractivity contribution >= 4 is 11.9 Å². The predicted molar refractivity (Wildman–Crippen MR) is 150 cm³/mol. The highest BCUT2D eigenvalue weighted by molar-refractivity contribution is 5.84. The fourth-order valence-electron chi connectivity index (χ4n) is 6.45. The molecule has 2 atom stereocenters. The minimum Gasteiger partial charge on any atom is -0.497 e. The summed E-state index contributed by atoms with van der Waals surface area (Å²) in [4.78, 5) is 33.0. The molecule has 1 aromatic rings. The van der Waals surface area contributed by atoms with Gasteiger partial charge in [0.2, 0.25) is 5.91 Å². The van der Waals surface area contributed by atoms with E-state index in [-0.39, 0.29) is 29.3 Å². The van der Waals surface area contributed by atoms with Gasteiger partial charge in [0.1, 0.15) is 11.5 Å². The molecule has 5 rings (SSSR count). The van der Waals surface area contributed by atoms with Crippen LogP contribution in [0, 0.1) is 11.8 Å². The predicted octanol–water partition coefficient (Wildman–Crippen LogP) is 5.56. The van der Waals surface area contributed by atoms with E-state index in [1.54, 1.807) is 14.2 Å². The van der Waals surface area contributed by atoms with Crippen molar-refractivity contribution < 1.29 is 19.1 Å². The van der Waals surface area contributed by atoms with Crippen molar-refractivity contribution in [2.75, 3.05) is 33.9 Å². The topological polar surface area (TPSA) is 62.3 Å². The maximum Gasteiger partial charge on any atom is 0.325 e. The zero-order valence-electron chi connectivity index (χ0n) is 23.8. The Bertz CT molecular complexity index is 1130.